The van der Waals surface area contributed by atoms with Crippen molar-refractivity contribution >= 4 is 17.7 Å². The van der Waals surface area contributed by atoms with Crippen LogP contribution in [0.4, 0.5) is 5.82 Å². The van der Waals surface area contributed by atoms with Gasteiger partial charge in [-0.05, 0) is 12.8 Å². The van der Waals surface area contributed by atoms with Crippen molar-refractivity contribution in [2.45, 2.75) is 33.2 Å². The largest absolute Gasteiger partial charge is 0.462 e. The number of rotatable bonds is 6. The van der Waals surface area contributed by atoms with Crippen LogP contribution in [0.3, 0.4) is 0 Å². The molecule has 1 aromatic rings. The van der Waals surface area contributed by atoms with E-state index < -0.39 is 12.0 Å². The number of ether oxygens (including phenoxy) is 1. The Morgan fingerprint density at radius 1 is 1.53 bits per heavy atom. The lowest BCUT2D eigenvalue weighted by Crippen LogP contribution is -2.41. The Morgan fingerprint density at radius 3 is 2.79 bits per heavy atom. The van der Waals surface area contributed by atoms with Gasteiger partial charge in [0, 0.05) is 0 Å². The van der Waals surface area contributed by atoms with E-state index in [0.717, 1.165) is 6.42 Å². The van der Waals surface area contributed by atoms with Crippen molar-refractivity contribution in [3.63, 3.8) is 0 Å². The average molecular weight is 268 g/mol. The summed E-state index contributed by atoms with van der Waals surface area (Å²) in [6, 6.07) is -0.636. The van der Waals surface area contributed by atoms with E-state index >= 15 is 0 Å². The molecule has 0 saturated heterocycles. The Morgan fingerprint density at radius 2 is 2.21 bits per heavy atom. The minimum Gasteiger partial charge on any atom is -0.462 e. The Labute approximate surface area is 111 Å². The third-order valence-corrected chi connectivity index (χ3v) is 2.94. The van der Waals surface area contributed by atoms with Gasteiger partial charge in [-0.25, -0.2) is 4.79 Å². The number of H-pyrrole nitrogens is 1. The van der Waals surface area contributed by atoms with Crippen molar-refractivity contribution in [1.82, 2.24) is 10.2 Å². The summed E-state index contributed by atoms with van der Waals surface area (Å²) in [6.45, 7) is 5.81. The predicted octanol–water partition coefficient (Wildman–Crippen LogP) is 0.898. The van der Waals surface area contributed by atoms with Gasteiger partial charge in [0.25, 0.3) is 0 Å². The maximum Gasteiger partial charge on any atom is 0.343 e. The minimum atomic E-state index is -0.636. The summed E-state index contributed by atoms with van der Waals surface area (Å²) < 4.78 is 4.86. The average Bonchev–Trinajstić information content (AvgIpc) is 2.85. The van der Waals surface area contributed by atoms with Crippen LogP contribution in [0.25, 0.3) is 0 Å². The fraction of sp³-hybridized carbons (Fsp3) is 0.583. The molecule has 0 radical (unpaired) electrons. The van der Waals surface area contributed by atoms with Gasteiger partial charge in [0.2, 0.25) is 5.91 Å². The van der Waals surface area contributed by atoms with Crippen LogP contribution in [0, 0.1) is 5.92 Å². The highest BCUT2D eigenvalue weighted by molar-refractivity contribution is 6.01. The molecular formula is C12H20N4O3. The fourth-order valence-corrected chi connectivity index (χ4v) is 1.46. The third-order valence-electron chi connectivity index (χ3n) is 2.94. The Bertz CT molecular complexity index is 444. The molecule has 1 unspecified atom stereocenters. The highest BCUT2D eigenvalue weighted by atomic mass is 16.5. The molecule has 0 bridgehead atoms. The number of esters is 1. The maximum atomic E-state index is 11.9. The van der Waals surface area contributed by atoms with Crippen molar-refractivity contribution in [1.29, 1.82) is 0 Å². The zero-order chi connectivity index (χ0) is 14.4. The Hall–Kier alpha value is -1.89. The monoisotopic (exact) mass is 268 g/mol. The second-order valence-electron chi connectivity index (χ2n) is 4.28. The van der Waals surface area contributed by atoms with Crippen molar-refractivity contribution in [3.05, 3.63) is 11.8 Å². The molecule has 1 amide bonds. The summed E-state index contributed by atoms with van der Waals surface area (Å²) in [5, 5.41) is 8.83. The van der Waals surface area contributed by atoms with Gasteiger partial charge in [-0.1, -0.05) is 20.3 Å². The first-order valence-electron chi connectivity index (χ1n) is 6.28. The molecular weight excluding hydrogens is 248 g/mol. The first-order chi connectivity index (χ1) is 9.01. The van der Waals surface area contributed by atoms with Gasteiger partial charge >= 0.3 is 5.97 Å². The van der Waals surface area contributed by atoms with Crippen LogP contribution < -0.4 is 11.1 Å². The van der Waals surface area contributed by atoms with Crippen LogP contribution in [0.2, 0.25) is 0 Å². The number of nitrogens with zero attached hydrogens (tertiary/aromatic N) is 1. The highest BCUT2D eigenvalue weighted by Gasteiger charge is 2.22. The summed E-state index contributed by atoms with van der Waals surface area (Å²) in [4.78, 5) is 23.5. The van der Waals surface area contributed by atoms with Crippen LogP contribution in [0.5, 0.6) is 0 Å². The molecule has 0 aliphatic carbocycles. The standard InChI is InChI=1S/C12H20N4O3/c1-4-7(3)9(13)11(17)15-10-8(6-14-16-10)12(18)19-5-2/h6-7,9H,4-5,13H2,1-3H3,(H2,14,15,16,17)/t7?,9-/m0/s1. The van der Waals surface area contributed by atoms with E-state index in [0.29, 0.717) is 0 Å². The normalized spacial score (nSPS) is 13.7. The third kappa shape index (κ3) is 3.78. The molecule has 19 heavy (non-hydrogen) atoms. The number of aromatic nitrogens is 2. The molecule has 1 aromatic heterocycles. The lowest BCUT2D eigenvalue weighted by atomic mass is 9.99. The van der Waals surface area contributed by atoms with Crippen LogP contribution in [-0.2, 0) is 9.53 Å². The number of anilines is 1. The molecule has 0 fully saturated rings. The number of hydrogen-bond donors (Lipinski definition) is 3. The van der Waals surface area contributed by atoms with Crippen LogP contribution in [-0.4, -0.2) is 34.7 Å². The first-order valence-corrected chi connectivity index (χ1v) is 6.28. The highest BCUT2D eigenvalue weighted by Crippen LogP contribution is 2.14. The van der Waals surface area contributed by atoms with Gasteiger partial charge in [0.15, 0.2) is 0 Å². The summed E-state index contributed by atoms with van der Waals surface area (Å²) >= 11 is 0. The summed E-state index contributed by atoms with van der Waals surface area (Å²) in [6.07, 6.45) is 2.10. The number of hydrogen-bond acceptors (Lipinski definition) is 5. The van der Waals surface area contributed by atoms with E-state index in [-0.39, 0.29) is 29.8 Å². The zero-order valence-corrected chi connectivity index (χ0v) is 11.4. The second-order valence-corrected chi connectivity index (χ2v) is 4.28. The van der Waals surface area contributed by atoms with E-state index in [1.807, 2.05) is 13.8 Å². The predicted molar refractivity (Wildman–Crippen MR) is 70.6 cm³/mol. The van der Waals surface area contributed by atoms with Crippen LogP contribution in [0.1, 0.15) is 37.6 Å². The van der Waals surface area contributed by atoms with Gasteiger partial charge in [0.05, 0.1) is 18.8 Å². The minimum absolute atomic E-state index is 0.0500. The number of nitrogens with one attached hydrogen (secondary N) is 2. The molecule has 1 rings (SSSR count). The summed E-state index contributed by atoms with van der Waals surface area (Å²) in [5.41, 5.74) is 6.00. The smallest absolute Gasteiger partial charge is 0.343 e. The molecule has 0 saturated carbocycles. The Balaban J connectivity index is 2.75. The molecule has 0 aliphatic heterocycles. The molecule has 0 spiro atoms. The lowest BCUT2D eigenvalue weighted by molar-refractivity contribution is -0.118. The van der Waals surface area contributed by atoms with Crippen LogP contribution >= 0.6 is 0 Å². The van der Waals surface area contributed by atoms with Crippen LogP contribution in [0.15, 0.2) is 6.20 Å². The lowest BCUT2D eigenvalue weighted by Gasteiger charge is -2.17. The molecule has 0 aliphatic rings. The van der Waals surface area contributed by atoms with Gasteiger partial charge in [0.1, 0.15) is 11.4 Å². The van der Waals surface area contributed by atoms with Gasteiger partial charge in [-0.3, -0.25) is 9.89 Å². The zero-order valence-electron chi connectivity index (χ0n) is 11.4. The molecule has 4 N–H and O–H groups in total. The molecule has 2 atom stereocenters. The van der Waals surface area contributed by atoms with Gasteiger partial charge in [-0.2, -0.15) is 5.10 Å². The number of carbonyl (C=O) groups excluding carboxylic acids is 2. The second kappa shape index (κ2) is 6.89. The summed E-state index contributed by atoms with van der Waals surface area (Å²) in [5.74, 6) is -0.635. The Kier molecular flexibility index (Phi) is 5.50. The van der Waals surface area contributed by atoms with Crippen molar-refractivity contribution in [3.8, 4) is 0 Å². The van der Waals surface area contributed by atoms with E-state index in [1.165, 1.54) is 6.20 Å². The molecule has 7 nitrogen and oxygen atoms in total. The molecule has 0 aromatic carbocycles. The maximum absolute atomic E-state index is 11.9. The fourth-order valence-electron chi connectivity index (χ4n) is 1.46. The van der Waals surface area contributed by atoms with Crippen molar-refractivity contribution in [2.75, 3.05) is 11.9 Å². The van der Waals surface area contributed by atoms with Crippen molar-refractivity contribution in [2.24, 2.45) is 11.7 Å². The van der Waals surface area contributed by atoms with E-state index in [1.54, 1.807) is 6.92 Å². The van der Waals surface area contributed by atoms with Gasteiger partial charge in [-0.15, -0.1) is 0 Å². The number of carbonyl (C=O) groups is 2. The molecule has 1 heterocycles. The number of aromatic amines is 1. The van der Waals surface area contributed by atoms with Gasteiger partial charge < -0.3 is 15.8 Å². The van der Waals surface area contributed by atoms with E-state index in [4.69, 9.17) is 10.5 Å². The number of nitrogens with two attached hydrogens (primary N) is 1. The summed E-state index contributed by atoms with van der Waals surface area (Å²) in [7, 11) is 0. The van der Waals surface area contributed by atoms with Crippen molar-refractivity contribution < 1.29 is 14.3 Å². The molecule has 106 valence electrons. The van der Waals surface area contributed by atoms with E-state index in [2.05, 4.69) is 15.5 Å². The topological polar surface area (TPSA) is 110 Å². The quantitative estimate of drug-likeness (QED) is 0.664. The van der Waals surface area contributed by atoms with E-state index in [9.17, 15) is 9.59 Å². The SMILES string of the molecule is CCOC(=O)c1cn[nH]c1NC(=O)[C@@H](N)C(C)CC. The number of amides is 1. The molecule has 7 heteroatoms. The first kappa shape index (κ1) is 15.2.